The Balaban J connectivity index is 2.09. The van der Waals surface area contributed by atoms with Crippen molar-refractivity contribution in [2.24, 2.45) is 9.98 Å². The first-order chi connectivity index (χ1) is 11.7. The van der Waals surface area contributed by atoms with Crippen LogP contribution in [0.3, 0.4) is 0 Å². The number of nitrogens with one attached hydrogen (secondary N) is 1. The van der Waals surface area contributed by atoms with E-state index in [0.717, 1.165) is 28.4 Å². The largest absolute Gasteiger partial charge is 0.359 e. The lowest BCUT2D eigenvalue weighted by Gasteiger charge is -2.10. The molecule has 1 aliphatic heterocycles. The summed E-state index contributed by atoms with van der Waals surface area (Å²) in [6.07, 6.45) is 7.55. The van der Waals surface area contributed by atoms with E-state index in [-0.39, 0.29) is 6.04 Å². The molecule has 1 atom stereocenters. The van der Waals surface area contributed by atoms with Crippen LogP contribution in [0.1, 0.15) is 18.1 Å². The van der Waals surface area contributed by atoms with Gasteiger partial charge >= 0.3 is 0 Å². The Morgan fingerprint density at radius 3 is 2.71 bits per heavy atom. The van der Waals surface area contributed by atoms with Crippen molar-refractivity contribution in [3.8, 4) is 12.3 Å². The Morgan fingerprint density at radius 2 is 2.00 bits per heavy atom. The SMILES string of the molecule is C#CC(C)NC1=Nc2ccc(SC)cc2C(c2ccccc2)=NC1. The number of benzene rings is 2. The third-order valence-electron chi connectivity index (χ3n) is 3.78. The molecule has 1 heterocycles. The van der Waals surface area contributed by atoms with Gasteiger partial charge in [0.2, 0.25) is 0 Å². The number of thioether (sulfide) groups is 1. The number of nitrogens with zero attached hydrogens (tertiary/aromatic N) is 2. The molecule has 1 aliphatic rings. The summed E-state index contributed by atoms with van der Waals surface area (Å²) < 4.78 is 0. The second-order valence-electron chi connectivity index (χ2n) is 5.51. The predicted octanol–water partition coefficient (Wildman–Crippen LogP) is 3.90. The maximum absolute atomic E-state index is 5.47. The van der Waals surface area contributed by atoms with Gasteiger partial charge in [-0.15, -0.1) is 18.2 Å². The second-order valence-corrected chi connectivity index (χ2v) is 6.38. The van der Waals surface area contributed by atoms with Gasteiger partial charge in [0.05, 0.1) is 24.0 Å². The average Bonchev–Trinajstić information content (AvgIpc) is 2.80. The molecule has 0 saturated heterocycles. The Bertz CT molecular complexity index is 832. The minimum Gasteiger partial charge on any atom is -0.359 e. The summed E-state index contributed by atoms with van der Waals surface area (Å²) in [5.41, 5.74) is 4.03. The van der Waals surface area contributed by atoms with Crippen LogP contribution in [0.2, 0.25) is 0 Å². The molecular formula is C20H19N3S. The van der Waals surface area contributed by atoms with E-state index in [2.05, 4.69) is 41.8 Å². The van der Waals surface area contributed by atoms with E-state index in [9.17, 15) is 0 Å². The zero-order valence-corrected chi connectivity index (χ0v) is 14.6. The summed E-state index contributed by atoms with van der Waals surface area (Å²) in [6.45, 7) is 2.42. The summed E-state index contributed by atoms with van der Waals surface area (Å²) in [5, 5.41) is 3.25. The van der Waals surface area contributed by atoms with E-state index in [0.29, 0.717) is 6.54 Å². The molecule has 0 saturated carbocycles. The van der Waals surface area contributed by atoms with E-state index in [4.69, 9.17) is 16.4 Å². The molecule has 0 spiro atoms. The van der Waals surface area contributed by atoms with Crippen molar-refractivity contribution in [1.82, 2.24) is 5.32 Å². The smallest absolute Gasteiger partial charge is 0.125 e. The number of hydrogen-bond acceptors (Lipinski definition) is 4. The van der Waals surface area contributed by atoms with E-state index in [1.54, 1.807) is 11.8 Å². The second kappa shape index (κ2) is 7.37. The topological polar surface area (TPSA) is 36.8 Å². The van der Waals surface area contributed by atoms with Crippen LogP contribution in [0.4, 0.5) is 5.69 Å². The molecule has 3 rings (SSSR count). The van der Waals surface area contributed by atoms with Gasteiger partial charge in [0.1, 0.15) is 5.84 Å². The van der Waals surface area contributed by atoms with Gasteiger partial charge in [0.15, 0.2) is 0 Å². The van der Waals surface area contributed by atoms with Crippen LogP contribution in [-0.2, 0) is 0 Å². The third kappa shape index (κ3) is 3.52. The van der Waals surface area contributed by atoms with Gasteiger partial charge in [0.25, 0.3) is 0 Å². The van der Waals surface area contributed by atoms with E-state index in [1.165, 1.54) is 4.90 Å². The highest BCUT2D eigenvalue weighted by molar-refractivity contribution is 7.98. The zero-order chi connectivity index (χ0) is 16.9. The molecule has 0 fully saturated rings. The van der Waals surface area contributed by atoms with Gasteiger partial charge < -0.3 is 5.32 Å². The molecule has 2 aromatic carbocycles. The van der Waals surface area contributed by atoms with Crippen LogP contribution in [0, 0.1) is 12.3 Å². The van der Waals surface area contributed by atoms with Gasteiger partial charge in [-0.3, -0.25) is 4.99 Å². The van der Waals surface area contributed by atoms with Gasteiger partial charge in [-0.05, 0) is 31.4 Å². The molecule has 4 heteroatoms. The fourth-order valence-corrected chi connectivity index (χ4v) is 3.00. The Morgan fingerprint density at radius 1 is 1.21 bits per heavy atom. The Hall–Kier alpha value is -2.51. The molecule has 3 nitrogen and oxygen atoms in total. The number of fused-ring (bicyclic) bond motifs is 1. The Kier molecular flexibility index (Phi) is 5.02. The lowest BCUT2D eigenvalue weighted by Crippen LogP contribution is -2.33. The highest BCUT2D eigenvalue weighted by Crippen LogP contribution is 2.29. The fourth-order valence-electron chi connectivity index (χ4n) is 2.56. The summed E-state index contributed by atoms with van der Waals surface area (Å²) in [6, 6.07) is 16.4. The van der Waals surface area contributed by atoms with Crippen LogP contribution >= 0.6 is 11.8 Å². The number of amidine groups is 1. The monoisotopic (exact) mass is 333 g/mol. The molecule has 0 radical (unpaired) electrons. The van der Waals surface area contributed by atoms with Gasteiger partial charge in [-0.25, -0.2) is 4.99 Å². The number of rotatable bonds is 3. The zero-order valence-electron chi connectivity index (χ0n) is 13.8. The van der Waals surface area contributed by atoms with Gasteiger partial charge in [-0.2, -0.15) is 0 Å². The van der Waals surface area contributed by atoms with Crippen LogP contribution in [0.5, 0.6) is 0 Å². The van der Waals surface area contributed by atoms with E-state index < -0.39 is 0 Å². The molecular weight excluding hydrogens is 314 g/mol. The first-order valence-electron chi connectivity index (χ1n) is 7.80. The minimum absolute atomic E-state index is 0.0776. The van der Waals surface area contributed by atoms with Gasteiger partial charge in [0, 0.05) is 16.0 Å². The molecule has 2 aromatic rings. The third-order valence-corrected chi connectivity index (χ3v) is 4.51. The molecule has 0 aromatic heterocycles. The lowest BCUT2D eigenvalue weighted by molar-refractivity contribution is 0.820. The maximum atomic E-state index is 5.47. The van der Waals surface area contributed by atoms with E-state index >= 15 is 0 Å². The number of hydrogen-bond donors (Lipinski definition) is 1. The summed E-state index contributed by atoms with van der Waals surface area (Å²) in [7, 11) is 0. The van der Waals surface area contributed by atoms with Crippen molar-refractivity contribution in [1.29, 1.82) is 0 Å². The number of aliphatic imine (C=N–C) groups is 2. The van der Waals surface area contributed by atoms with Crippen molar-refractivity contribution in [2.45, 2.75) is 17.9 Å². The van der Waals surface area contributed by atoms with Crippen molar-refractivity contribution < 1.29 is 0 Å². The van der Waals surface area contributed by atoms with Crippen LogP contribution in [0.25, 0.3) is 0 Å². The fraction of sp³-hybridized carbons (Fsp3) is 0.200. The molecule has 0 aliphatic carbocycles. The molecule has 0 bridgehead atoms. The average molecular weight is 333 g/mol. The quantitative estimate of drug-likeness (QED) is 0.683. The van der Waals surface area contributed by atoms with E-state index in [1.807, 2.05) is 31.2 Å². The summed E-state index contributed by atoms with van der Waals surface area (Å²) in [4.78, 5) is 10.8. The first-order valence-corrected chi connectivity index (χ1v) is 9.02. The summed E-state index contributed by atoms with van der Waals surface area (Å²) in [5.74, 6) is 3.47. The van der Waals surface area contributed by atoms with Crippen LogP contribution in [-0.4, -0.2) is 30.4 Å². The molecule has 0 amide bonds. The normalized spacial score (nSPS) is 14.5. The Labute approximate surface area is 147 Å². The highest BCUT2D eigenvalue weighted by atomic mass is 32.2. The highest BCUT2D eigenvalue weighted by Gasteiger charge is 2.17. The molecule has 1 unspecified atom stereocenters. The molecule has 1 N–H and O–H groups in total. The molecule has 24 heavy (non-hydrogen) atoms. The van der Waals surface area contributed by atoms with Gasteiger partial charge in [-0.1, -0.05) is 36.3 Å². The van der Waals surface area contributed by atoms with Crippen molar-refractivity contribution >= 4 is 29.0 Å². The van der Waals surface area contributed by atoms with Crippen molar-refractivity contribution in [2.75, 3.05) is 12.8 Å². The predicted molar refractivity (Wildman–Crippen MR) is 104 cm³/mol. The minimum atomic E-state index is -0.0776. The molecule has 120 valence electrons. The van der Waals surface area contributed by atoms with Crippen molar-refractivity contribution in [3.05, 3.63) is 59.7 Å². The van der Waals surface area contributed by atoms with Crippen LogP contribution < -0.4 is 5.32 Å². The standard InChI is InChI=1S/C20H19N3S/c1-4-14(2)22-19-13-21-20(15-8-6-5-7-9-15)17-12-16(24-3)10-11-18(17)23-19/h1,5-12,14H,13H2,2-3H3,(H,22,23). The first kappa shape index (κ1) is 16.4. The van der Waals surface area contributed by atoms with Crippen LogP contribution in [0.15, 0.2) is 63.4 Å². The maximum Gasteiger partial charge on any atom is 0.125 e. The lowest BCUT2D eigenvalue weighted by atomic mass is 10.0. The van der Waals surface area contributed by atoms with Crippen molar-refractivity contribution in [3.63, 3.8) is 0 Å². The summed E-state index contributed by atoms with van der Waals surface area (Å²) >= 11 is 1.72. The number of terminal acetylenes is 1.